The standard InChI is InChI=1S/C12H7BrN2O/c13-10-2-4-11(5-3-10)16-12-6-1-9(7-14)8-15-12/h1-6,8H. The third-order valence-corrected chi connectivity index (χ3v) is 2.43. The molecular formula is C12H7BrN2O. The first-order valence-corrected chi connectivity index (χ1v) is 5.37. The molecule has 78 valence electrons. The molecule has 2 aromatic rings. The van der Waals surface area contributed by atoms with Crippen LogP contribution >= 0.6 is 15.9 Å². The van der Waals surface area contributed by atoms with Crippen LogP contribution in [0.5, 0.6) is 11.6 Å². The van der Waals surface area contributed by atoms with E-state index in [0.717, 1.165) is 4.47 Å². The largest absolute Gasteiger partial charge is 0.439 e. The van der Waals surface area contributed by atoms with Crippen LogP contribution < -0.4 is 4.74 Å². The van der Waals surface area contributed by atoms with Crippen molar-refractivity contribution in [2.24, 2.45) is 0 Å². The quantitative estimate of drug-likeness (QED) is 0.842. The van der Waals surface area contributed by atoms with Crippen molar-refractivity contribution in [2.45, 2.75) is 0 Å². The highest BCUT2D eigenvalue weighted by Gasteiger charge is 1.98. The summed E-state index contributed by atoms with van der Waals surface area (Å²) in [7, 11) is 0. The maximum atomic E-state index is 8.61. The van der Waals surface area contributed by atoms with Crippen LogP contribution in [0.2, 0.25) is 0 Å². The molecule has 0 amide bonds. The van der Waals surface area contributed by atoms with Crippen molar-refractivity contribution >= 4 is 15.9 Å². The lowest BCUT2D eigenvalue weighted by Crippen LogP contribution is -1.87. The van der Waals surface area contributed by atoms with Gasteiger partial charge in [0.25, 0.3) is 0 Å². The van der Waals surface area contributed by atoms with Crippen LogP contribution in [-0.4, -0.2) is 4.98 Å². The molecule has 0 saturated heterocycles. The molecule has 2 rings (SSSR count). The maximum absolute atomic E-state index is 8.61. The Kier molecular flexibility index (Phi) is 3.18. The van der Waals surface area contributed by atoms with Gasteiger partial charge in [0, 0.05) is 16.7 Å². The van der Waals surface area contributed by atoms with E-state index in [1.54, 1.807) is 12.1 Å². The van der Waals surface area contributed by atoms with Gasteiger partial charge in [-0.2, -0.15) is 5.26 Å². The second kappa shape index (κ2) is 4.77. The van der Waals surface area contributed by atoms with Crippen LogP contribution in [0.3, 0.4) is 0 Å². The minimum atomic E-state index is 0.473. The maximum Gasteiger partial charge on any atom is 0.219 e. The third-order valence-electron chi connectivity index (χ3n) is 1.90. The van der Waals surface area contributed by atoms with Gasteiger partial charge in [0.05, 0.1) is 5.56 Å². The Hall–Kier alpha value is -1.86. The van der Waals surface area contributed by atoms with Crippen molar-refractivity contribution < 1.29 is 4.74 Å². The summed E-state index contributed by atoms with van der Waals surface area (Å²) in [6, 6.07) is 12.8. The van der Waals surface area contributed by atoms with Gasteiger partial charge in [-0.15, -0.1) is 0 Å². The van der Waals surface area contributed by atoms with E-state index in [2.05, 4.69) is 20.9 Å². The number of benzene rings is 1. The first-order valence-electron chi connectivity index (χ1n) is 4.57. The van der Waals surface area contributed by atoms with Gasteiger partial charge in [0.2, 0.25) is 5.88 Å². The fraction of sp³-hybridized carbons (Fsp3) is 0. The number of nitrogens with zero attached hydrogens (tertiary/aromatic N) is 2. The highest BCUT2D eigenvalue weighted by molar-refractivity contribution is 9.10. The van der Waals surface area contributed by atoms with E-state index >= 15 is 0 Å². The van der Waals surface area contributed by atoms with Gasteiger partial charge >= 0.3 is 0 Å². The van der Waals surface area contributed by atoms with Gasteiger partial charge < -0.3 is 4.74 Å². The molecular weight excluding hydrogens is 268 g/mol. The van der Waals surface area contributed by atoms with Crippen LogP contribution in [0.1, 0.15) is 5.56 Å². The van der Waals surface area contributed by atoms with E-state index in [4.69, 9.17) is 10.00 Å². The van der Waals surface area contributed by atoms with E-state index in [9.17, 15) is 0 Å². The SMILES string of the molecule is N#Cc1ccc(Oc2ccc(Br)cc2)nc1. The Bertz CT molecular complexity index is 514. The predicted octanol–water partition coefficient (Wildman–Crippen LogP) is 3.51. The number of hydrogen-bond acceptors (Lipinski definition) is 3. The highest BCUT2D eigenvalue weighted by atomic mass is 79.9. The Labute approximate surface area is 101 Å². The Morgan fingerprint density at radius 2 is 1.88 bits per heavy atom. The Morgan fingerprint density at radius 3 is 2.44 bits per heavy atom. The van der Waals surface area contributed by atoms with Crippen molar-refractivity contribution in [3.05, 3.63) is 52.6 Å². The molecule has 0 bridgehead atoms. The van der Waals surface area contributed by atoms with Crippen LogP contribution in [0.4, 0.5) is 0 Å². The van der Waals surface area contributed by atoms with Gasteiger partial charge in [-0.3, -0.25) is 0 Å². The molecule has 0 aliphatic heterocycles. The van der Waals surface area contributed by atoms with E-state index in [0.29, 0.717) is 17.2 Å². The van der Waals surface area contributed by atoms with E-state index in [1.807, 2.05) is 30.3 Å². The first kappa shape index (κ1) is 10.7. The molecule has 0 aliphatic rings. The molecule has 0 atom stereocenters. The van der Waals surface area contributed by atoms with Crippen LogP contribution in [0, 0.1) is 11.3 Å². The molecule has 1 aromatic heterocycles. The lowest BCUT2D eigenvalue weighted by atomic mass is 10.3. The number of aromatic nitrogens is 1. The average molecular weight is 275 g/mol. The van der Waals surface area contributed by atoms with Gasteiger partial charge in [-0.1, -0.05) is 15.9 Å². The lowest BCUT2D eigenvalue weighted by Gasteiger charge is -2.03. The summed E-state index contributed by atoms with van der Waals surface area (Å²) in [4.78, 5) is 4.01. The van der Waals surface area contributed by atoms with Crippen LogP contribution in [0.25, 0.3) is 0 Å². The second-order valence-electron chi connectivity index (χ2n) is 3.05. The van der Waals surface area contributed by atoms with Crippen molar-refractivity contribution in [1.29, 1.82) is 5.26 Å². The van der Waals surface area contributed by atoms with Crippen LogP contribution in [0.15, 0.2) is 47.1 Å². The summed E-state index contributed by atoms with van der Waals surface area (Å²) in [6.45, 7) is 0. The topological polar surface area (TPSA) is 45.9 Å². The number of halogens is 1. The zero-order valence-corrected chi connectivity index (χ0v) is 9.81. The Morgan fingerprint density at radius 1 is 1.12 bits per heavy atom. The molecule has 0 radical (unpaired) electrons. The minimum absolute atomic E-state index is 0.473. The monoisotopic (exact) mass is 274 g/mol. The van der Waals surface area contributed by atoms with Crippen molar-refractivity contribution in [2.75, 3.05) is 0 Å². The zero-order chi connectivity index (χ0) is 11.4. The number of pyridine rings is 1. The number of ether oxygens (including phenoxy) is 1. The second-order valence-corrected chi connectivity index (χ2v) is 3.97. The summed E-state index contributed by atoms with van der Waals surface area (Å²) in [5, 5.41) is 8.61. The van der Waals surface area contributed by atoms with Gasteiger partial charge in [-0.05, 0) is 30.3 Å². The molecule has 0 saturated carbocycles. The van der Waals surface area contributed by atoms with Crippen molar-refractivity contribution in [1.82, 2.24) is 4.98 Å². The lowest BCUT2D eigenvalue weighted by molar-refractivity contribution is 0.463. The first-order chi connectivity index (χ1) is 7.78. The summed E-state index contributed by atoms with van der Waals surface area (Å²) >= 11 is 3.34. The molecule has 0 fully saturated rings. The van der Waals surface area contributed by atoms with Crippen LogP contribution in [-0.2, 0) is 0 Å². The molecule has 16 heavy (non-hydrogen) atoms. The van der Waals surface area contributed by atoms with Gasteiger partial charge in [0.15, 0.2) is 0 Å². The molecule has 3 nitrogen and oxygen atoms in total. The van der Waals surface area contributed by atoms with Crippen molar-refractivity contribution in [3.8, 4) is 17.7 Å². The normalized spacial score (nSPS) is 9.50. The summed E-state index contributed by atoms with van der Waals surface area (Å²) in [5.41, 5.74) is 0.517. The van der Waals surface area contributed by atoms with E-state index in [1.165, 1.54) is 6.20 Å². The van der Waals surface area contributed by atoms with Crippen molar-refractivity contribution in [3.63, 3.8) is 0 Å². The molecule has 1 aromatic carbocycles. The number of nitriles is 1. The molecule has 0 aliphatic carbocycles. The third kappa shape index (κ3) is 2.59. The highest BCUT2D eigenvalue weighted by Crippen LogP contribution is 2.21. The molecule has 0 unspecified atom stereocenters. The molecule has 0 N–H and O–H groups in total. The molecule has 1 heterocycles. The van der Waals surface area contributed by atoms with Gasteiger partial charge in [-0.25, -0.2) is 4.98 Å². The summed E-state index contributed by atoms with van der Waals surface area (Å²) in [6.07, 6.45) is 1.48. The predicted molar refractivity (Wildman–Crippen MR) is 63.2 cm³/mol. The number of hydrogen-bond donors (Lipinski definition) is 0. The fourth-order valence-electron chi connectivity index (χ4n) is 1.13. The average Bonchev–Trinajstić information content (AvgIpc) is 2.33. The van der Waals surface area contributed by atoms with Gasteiger partial charge in [0.1, 0.15) is 11.8 Å². The van der Waals surface area contributed by atoms with E-state index < -0.39 is 0 Å². The Balaban J connectivity index is 2.15. The smallest absolute Gasteiger partial charge is 0.219 e. The summed E-state index contributed by atoms with van der Waals surface area (Å²) < 4.78 is 6.48. The molecule has 4 heteroatoms. The molecule has 0 spiro atoms. The number of rotatable bonds is 2. The minimum Gasteiger partial charge on any atom is -0.439 e. The zero-order valence-electron chi connectivity index (χ0n) is 8.22. The summed E-state index contributed by atoms with van der Waals surface area (Å²) in [5.74, 6) is 1.18. The fourth-order valence-corrected chi connectivity index (χ4v) is 1.39. The van der Waals surface area contributed by atoms with E-state index in [-0.39, 0.29) is 0 Å².